The van der Waals surface area contributed by atoms with Crippen LogP contribution in [0.15, 0.2) is 78.2 Å². The highest BCUT2D eigenvalue weighted by atomic mass is 32.2. The van der Waals surface area contributed by atoms with E-state index >= 15 is 0 Å². The van der Waals surface area contributed by atoms with E-state index < -0.39 is 0 Å². The predicted molar refractivity (Wildman–Crippen MR) is 122 cm³/mol. The van der Waals surface area contributed by atoms with Crippen LogP contribution >= 0.6 is 11.8 Å². The van der Waals surface area contributed by atoms with Crippen molar-refractivity contribution in [2.45, 2.75) is 24.4 Å². The standard InChI is InChI=1S/C24H24N4OS/c1-28-16-15-25-23(28)20(29)14-8-9-17-30-24-26-21(18-10-4-2-5-11-18)22(27-24)19-12-6-3-7-13-19/h2-7,10-13,15-16H,8-9,14,17H2,1H3,(H,26,27). The van der Waals surface area contributed by atoms with E-state index in [1.807, 2.05) is 43.4 Å². The molecule has 4 rings (SSSR count). The Balaban J connectivity index is 1.39. The van der Waals surface area contributed by atoms with Crippen LogP contribution in [-0.2, 0) is 7.05 Å². The molecule has 0 saturated carbocycles. The molecule has 2 heterocycles. The fourth-order valence-electron chi connectivity index (χ4n) is 3.34. The number of hydrogen-bond donors (Lipinski definition) is 1. The fourth-order valence-corrected chi connectivity index (χ4v) is 4.21. The molecule has 0 aliphatic rings. The van der Waals surface area contributed by atoms with Gasteiger partial charge in [-0.05, 0) is 12.8 Å². The lowest BCUT2D eigenvalue weighted by atomic mass is 10.1. The van der Waals surface area contributed by atoms with Crippen LogP contribution in [0.1, 0.15) is 29.9 Å². The zero-order chi connectivity index (χ0) is 20.8. The van der Waals surface area contributed by atoms with E-state index in [-0.39, 0.29) is 5.78 Å². The number of H-pyrrole nitrogens is 1. The summed E-state index contributed by atoms with van der Waals surface area (Å²) in [4.78, 5) is 24.7. The highest BCUT2D eigenvalue weighted by Crippen LogP contribution is 2.32. The van der Waals surface area contributed by atoms with Crippen molar-refractivity contribution in [1.82, 2.24) is 19.5 Å². The lowest BCUT2D eigenvalue weighted by Crippen LogP contribution is -2.07. The zero-order valence-electron chi connectivity index (χ0n) is 16.9. The summed E-state index contributed by atoms with van der Waals surface area (Å²) in [7, 11) is 1.85. The molecule has 6 heteroatoms. The van der Waals surface area contributed by atoms with Crippen molar-refractivity contribution in [2.75, 3.05) is 5.75 Å². The number of carbonyl (C=O) groups excluding carboxylic acids is 1. The Kier molecular flexibility index (Phi) is 6.44. The molecule has 0 amide bonds. The van der Waals surface area contributed by atoms with Crippen molar-refractivity contribution in [1.29, 1.82) is 0 Å². The van der Waals surface area contributed by atoms with Crippen LogP contribution in [-0.4, -0.2) is 31.1 Å². The quantitative estimate of drug-likeness (QED) is 0.218. The van der Waals surface area contributed by atoms with Crippen LogP contribution in [0.3, 0.4) is 0 Å². The first kappa shape index (κ1) is 20.2. The van der Waals surface area contributed by atoms with Crippen molar-refractivity contribution in [3.63, 3.8) is 0 Å². The number of imidazole rings is 2. The number of aryl methyl sites for hydroxylation is 1. The predicted octanol–water partition coefficient (Wildman–Crippen LogP) is 5.62. The molecule has 0 saturated heterocycles. The number of rotatable bonds is 9. The summed E-state index contributed by atoms with van der Waals surface area (Å²) in [5.41, 5.74) is 4.22. The van der Waals surface area contributed by atoms with Gasteiger partial charge in [0.15, 0.2) is 16.8 Å². The Morgan fingerprint density at radius 1 is 1.00 bits per heavy atom. The van der Waals surface area contributed by atoms with Crippen LogP contribution in [0.2, 0.25) is 0 Å². The lowest BCUT2D eigenvalue weighted by molar-refractivity contribution is 0.0967. The third-order valence-electron chi connectivity index (χ3n) is 4.90. The van der Waals surface area contributed by atoms with Gasteiger partial charge in [0.05, 0.1) is 11.4 Å². The van der Waals surface area contributed by atoms with Crippen molar-refractivity contribution in [3.8, 4) is 22.5 Å². The Labute approximate surface area is 180 Å². The van der Waals surface area contributed by atoms with Gasteiger partial charge in [0.2, 0.25) is 0 Å². The average molecular weight is 417 g/mol. The van der Waals surface area contributed by atoms with E-state index in [1.165, 1.54) is 0 Å². The van der Waals surface area contributed by atoms with Crippen molar-refractivity contribution >= 4 is 17.5 Å². The number of aromatic nitrogens is 4. The van der Waals surface area contributed by atoms with Gasteiger partial charge in [-0.15, -0.1) is 0 Å². The topological polar surface area (TPSA) is 63.6 Å². The number of thioether (sulfide) groups is 1. The molecule has 30 heavy (non-hydrogen) atoms. The van der Waals surface area contributed by atoms with E-state index in [0.29, 0.717) is 12.2 Å². The van der Waals surface area contributed by atoms with Gasteiger partial charge >= 0.3 is 0 Å². The first-order valence-corrected chi connectivity index (χ1v) is 11.0. The first-order chi connectivity index (χ1) is 14.7. The van der Waals surface area contributed by atoms with E-state index in [1.54, 1.807) is 28.7 Å². The smallest absolute Gasteiger partial charge is 0.198 e. The van der Waals surface area contributed by atoms with Crippen LogP contribution < -0.4 is 0 Å². The summed E-state index contributed by atoms with van der Waals surface area (Å²) in [5.74, 6) is 1.54. The second-order valence-corrected chi connectivity index (χ2v) is 8.17. The van der Waals surface area contributed by atoms with Crippen molar-refractivity contribution < 1.29 is 4.79 Å². The second-order valence-electron chi connectivity index (χ2n) is 7.09. The van der Waals surface area contributed by atoms with Crippen molar-refractivity contribution in [3.05, 3.63) is 78.9 Å². The molecule has 4 aromatic rings. The SMILES string of the molecule is Cn1ccnc1C(=O)CCCCSc1nc(-c2ccccc2)c(-c2ccccc2)[nH]1. The third-order valence-corrected chi connectivity index (χ3v) is 5.86. The molecular formula is C24H24N4OS. The minimum atomic E-state index is 0.100. The van der Waals surface area contributed by atoms with Crippen molar-refractivity contribution in [2.24, 2.45) is 7.05 Å². The number of unbranched alkanes of at least 4 members (excludes halogenated alkanes) is 1. The summed E-state index contributed by atoms with van der Waals surface area (Å²) in [6.07, 6.45) is 5.77. The lowest BCUT2D eigenvalue weighted by Gasteiger charge is -2.02. The number of nitrogens with zero attached hydrogens (tertiary/aromatic N) is 3. The molecule has 0 aliphatic carbocycles. The number of benzene rings is 2. The van der Waals surface area contributed by atoms with Gasteiger partial charge < -0.3 is 9.55 Å². The molecule has 0 unspecified atom stereocenters. The van der Waals surface area contributed by atoms with Crippen LogP contribution in [0.25, 0.3) is 22.5 Å². The molecule has 0 spiro atoms. The van der Waals surface area contributed by atoms with Gasteiger partial charge in [-0.2, -0.15) is 0 Å². The summed E-state index contributed by atoms with van der Waals surface area (Å²) in [6.45, 7) is 0. The van der Waals surface area contributed by atoms with E-state index in [2.05, 4.69) is 34.2 Å². The molecule has 1 N–H and O–H groups in total. The zero-order valence-corrected chi connectivity index (χ0v) is 17.7. The fraction of sp³-hybridized carbons (Fsp3) is 0.208. The van der Waals surface area contributed by atoms with Gasteiger partial charge in [-0.25, -0.2) is 9.97 Å². The molecule has 0 atom stereocenters. The minimum absolute atomic E-state index is 0.100. The van der Waals surface area contributed by atoms with Gasteiger partial charge in [0.25, 0.3) is 0 Å². The number of aromatic amines is 1. The highest BCUT2D eigenvalue weighted by molar-refractivity contribution is 7.99. The molecular weight excluding hydrogens is 392 g/mol. The minimum Gasteiger partial charge on any atom is -0.332 e. The van der Waals surface area contributed by atoms with Crippen LogP contribution in [0, 0.1) is 0 Å². The molecule has 152 valence electrons. The first-order valence-electron chi connectivity index (χ1n) is 10.1. The Morgan fingerprint density at radius 3 is 2.37 bits per heavy atom. The molecule has 0 radical (unpaired) electrons. The molecule has 2 aromatic carbocycles. The monoisotopic (exact) mass is 416 g/mol. The van der Waals surface area contributed by atoms with Crippen LogP contribution in [0.5, 0.6) is 0 Å². The van der Waals surface area contributed by atoms with Gasteiger partial charge in [-0.3, -0.25) is 4.79 Å². The molecule has 0 bridgehead atoms. The van der Waals surface area contributed by atoms with E-state index in [0.717, 1.165) is 46.3 Å². The number of ketones is 1. The Morgan fingerprint density at radius 2 is 1.70 bits per heavy atom. The summed E-state index contributed by atoms with van der Waals surface area (Å²) < 4.78 is 1.77. The summed E-state index contributed by atoms with van der Waals surface area (Å²) >= 11 is 1.70. The normalized spacial score (nSPS) is 11.0. The number of nitrogens with one attached hydrogen (secondary N) is 1. The maximum absolute atomic E-state index is 12.2. The second kappa shape index (κ2) is 9.59. The van der Waals surface area contributed by atoms with E-state index in [9.17, 15) is 4.79 Å². The van der Waals surface area contributed by atoms with Gasteiger partial charge in [0.1, 0.15) is 0 Å². The Bertz CT molecular complexity index is 1050. The largest absolute Gasteiger partial charge is 0.332 e. The molecule has 0 fully saturated rings. The van der Waals surface area contributed by atoms with E-state index in [4.69, 9.17) is 4.98 Å². The highest BCUT2D eigenvalue weighted by Gasteiger charge is 2.14. The maximum atomic E-state index is 12.2. The molecule has 0 aliphatic heterocycles. The Hall–Kier alpha value is -3.12. The molecule has 2 aromatic heterocycles. The summed E-state index contributed by atoms with van der Waals surface area (Å²) in [5, 5.41) is 0.906. The van der Waals surface area contributed by atoms with Gasteiger partial charge in [0, 0.05) is 42.7 Å². The number of carbonyl (C=O) groups is 1. The summed E-state index contributed by atoms with van der Waals surface area (Å²) in [6, 6.07) is 20.5. The average Bonchev–Trinajstić information content (AvgIpc) is 3.41. The molecule has 5 nitrogen and oxygen atoms in total. The maximum Gasteiger partial charge on any atom is 0.198 e. The van der Waals surface area contributed by atoms with Gasteiger partial charge in [-0.1, -0.05) is 72.4 Å². The number of Topliss-reactive ketones (excluding diaryl/α,β-unsaturated/α-hetero) is 1. The van der Waals surface area contributed by atoms with Crippen LogP contribution in [0.4, 0.5) is 0 Å². The number of hydrogen-bond acceptors (Lipinski definition) is 4. The third kappa shape index (κ3) is 4.71.